The Hall–Kier alpha value is -2.09. The molecule has 5 nitrogen and oxygen atoms in total. The maximum absolute atomic E-state index is 12.6. The Morgan fingerprint density at radius 1 is 1.36 bits per heavy atom. The van der Waals surface area contributed by atoms with Gasteiger partial charge >= 0.3 is 6.18 Å². The van der Waals surface area contributed by atoms with Crippen LogP contribution in [0.2, 0.25) is 0 Å². The van der Waals surface area contributed by atoms with Crippen molar-refractivity contribution in [3.05, 3.63) is 36.5 Å². The van der Waals surface area contributed by atoms with Gasteiger partial charge in [0.25, 0.3) is 0 Å². The summed E-state index contributed by atoms with van der Waals surface area (Å²) in [5, 5.41) is 2.78. The van der Waals surface area contributed by atoms with Gasteiger partial charge in [0.2, 0.25) is 5.91 Å². The van der Waals surface area contributed by atoms with Crippen molar-refractivity contribution in [1.82, 2.24) is 15.2 Å². The van der Waals surface area contributed by atoms with Crippen molar-refractivity contribution in [1.29, 1.82) is 0 Å². The molecule has 1 aromatic heterocycles. The zero-order valence-corrected chi connectivity index (χ0v) is 14.2. The summed E-state index contributed by atoms with van der Waals surface area (Å²) < 4.78 is 37.9. The fourth-order valence-corrected chi connectivity index (χ4v) is 2.78. The van der Waals surface area contributed by atoms with E-state index in [0.29, 0.717) is 32.0 Å². The summed E-state index contributed by atoms with van der Waals surface area (Å²) in [6.07, 6.45) is -1.08. The maximum atomic E-state index is 12.6. The standard InChI is InChI=1S/C17H23F3N4O/c1-3-7-21-16(25)13(2)23-8-4-9-24(11-10-23)15-6-5-14(12-22-15)17(18,19)20/h3,5-6,12-13H,1,4,7-11H2,2H3,(H,21,25). The van der Waals surface area contributed by atoms with Crippen LogP contribution in [0.3, 0.4) is 0 Å². The second kappa shape index (κ2) is 8.33. The smallest absolute Gasteiger partial charge is 0.355 e. The minimum atomic E-state index is -4.38. The second-order valence-electron chi connectivity index (χ2n) is 5.99. The lowest BCUT2D eigenvalue weighted by molar-refractivity contribution is -0.137. The summed E-state index contributed by atoms with van der Waals surface area (Å²) in [4.78, 5) is 20.0. The summed E-state index contributed by atoms with van der Waals surface area (Å²) in [5.74, 6) is 0.472. The fraction of sp³-hybridized carbons (Fsp3) is 0.529. The third kappa shape index (κ3) is 5.19. The van der Waals surface area contributed by atoms with Crippen molar-refractivity contribution in [3.8, 4) is 0 Å². The molecule has 1 aromatic rings. The van der Waals surface area contributed by atoms with Crippen molar-refractivity contribution in [3.63, 3.8) is 0 Å². The summed E-state index contributed by atoms with van der Waals surface area (Å²) >= 11 is 0. The molecular weight excluding hydrogens is 333 g/mol. The average molecular weight is 356 g/mol. The molecule has 1 atom stereocenters. The molecule has 2 heterocycles. The van der Waals surface area contributed by atoms with E-state index < -0.39 is 11.7 Å². The molecule has 138 valence electrons. The number of nitrogens with one attached hydrogen (secondary N) is 1. The molecule has 1 aliphatic rings. The van der Waals surface area contributed by atoms with E-state index >= 15 is 0 Å². The van der Waals surface area contributed by atoms with E-state index in [1.807, 2.05) is 11.8 Å². The number of anilines is 1. The van der Waals surface area contributed by atoms with Gasteiger partial charge in [-0.25, -0.2) is 4.98 Å². The minimum Gasteiger partial charge on any atom is -0.355 e. The number of halogens is 3. The molecule has 1 aliphatic heterocycles. The summed E-state index contributed by atoms with van der Waals surface area (Å²) in [7, 11) is 0. The van der Waals surface area contributed by atoms with Crippen LogP contribution in [0.1, 0.15) is 18.9 Å². The van der Waals surface area contributed by atoms with Crippen molar-refractivity contribution >= 4 is 11.7 Å². The Morgan fingerprint density at radius 3 is 2.72 bits per heavy atom. The lowest BCUT2D eigenvalue weighted by Crippen LogP contribution is -2.46. The first-order valence-corrected chi connectivity index (χ1v) is 8.24. The first-order chi connectivity index (χ1) is 11.8. The zero-order valence-electron chi connectivity index (χ0n) is 14.2. The molecule has 25 heavy (non-hydrogen) atoms. The van der Waals surface area contributed by atoms with Crippen LogP contribution < -0.4 is 10.2 Å². The number of aromatic nitrogens is 1. The molecule has 2 rings (SSSR count). The molecule has 1 N–H and O–H groups in total. The summed E-state index contributed by atoms with van der Waals surface area (Å²) in [6.45, 7) is 8.55. The van der Waals surface area contributed by atoms with Gasteiger partial charge in [-0.3, -0.25) is 9.69 Å². The van der Waals surface area contributed by atoms with Crippen LogP contribution >= 0.6 is 0 Å². The molecule has 0 radical (unpaired) electrons. The van der Waals surface area contributed by atoms with E-state index in [2.05, 4.69) is 21.8 Å². The van der Waals surface area contributed by atoms with Crippen molar-refractivity contribution in [2.45, 2.75) is 25.6 Å². The van der Waals surface area contributed by atoms with Crippen LogP contribution in [0.15, 0.2) is 31.0 Å². The molecule has 0 bridgehead atoms. The zero-order chi connectivity index (χ0) is 18.4. The molecule has 0 aliphatic carbocycles. The Labute approximate surface area is 145 Å². The summed E-state index contributed by atoms with van der Waals surface area (Å²) in [6, 6.07) is 2.19. The van der Waals surface area contributed by atoms with Crippen molar-refractivity contribution < 1.29 is 18.0 Å². The van der Waals surface area contributed by atoms with Crippen LogP contribution in [-0.4, -0.2) is 54.6 Å². The molecule has 0 aromatic carbocycles. The van der Waals surface area contributed by atoms with Gasteiger partial charge in [-0.2, -0.15) is 13.2 Å². The number of hydrogen-bond donors (Lipinski definition) is 1. The van der Waals surface area contributed by atoms with Crippen LogP contribution in [0.4, 0.5) is 19.0 Å². The minimum absolute atomic E-state index is 0.0546. The predicted molar refractivity (Wildman–Crippen MR) is 90.3 cm³/mol. The van der Waals surface area contributed by atoms with Crippen LogP contribution in [0, 0.1) is 0 Å². The lowest BCUT2D eigenvalue weighted by atomic mass is 10.2. The lowest BCUT2D eigenvalue weighted by Gasteiger charge is -2.27. The Bertz CT molecular complexity index is 589. The number of nitrogens with zero attached hydrogens (tertiary/aromatic N) is 3. The number of alkyl halides is 3. The van der Waals surface area contributed by atoms with Gasteiger partial charge in [0.15, 0.2) is 0 Å². The van der Waals surface area contributed by atoms with Gasteiger partial charge in [0, 0.05) is 38.9 Å². The largest absolute Gasteiger partial charge is 0.417 e. The highest BCUT2D eigenvalue weighted by Crippen LogP contribution is 2.29. The SMILES string of the molecule is C=CCNC(=O)C(C)N1CCCN(c2ccc(C(F)(F)F)cn2)CC1. The van der Waals surface area contributed by atoms with E-state index in [1.54, 1.807) is 6.08 Å². The van der Waals surface area contributed by atoms with Crippen molar-refractivity contribution in [2.24, 2.45) is 0 Å². The Morgan fingerprint density at radius 2 is 2.12 bits per heavy atom. The van der Waals surface area contributed by atoms with E-state index in [9.17, 15) is 18.0 Å². The monoisotopic (exact) mass is 356 g/mol. The summed E-state index contributed by atoms with van der Waals surface area (Å²) in [5.41, 5.74) is -0.750. The van der Waals surface area contributed by atoms with E-state index in [0.717, 1.165) is 25.2 Å². The third-order valence-electron chi connectivity index (χ3n) is 4.28. The number of pyridine rings is 1. The Kier molecular flexibility index (Phi) is 6.41. The quantitative estimate of drug-likeness (QED) is 0.823. The average Bonchev–Trinajstić information content (AvgIpc) is 2.84. The maximum Gasteiger partial charge on any atom is 0.417 e. The van der Waals surface area contributed by atoms with Gasteiger partial charge in [-0.05, 0) is 25.5 Å². The normalized spacial score (nSPS) is 17.7. The number of carbonyl (C=O) groups is 1. The topological polar surface area (TPSA) is 48.5 Å². The highest BCUT2D eigenvalue weighted by atomic mass is 19.4. The van der Waals surface area contributed by atoms with E-state index in [1.165, 1.54) is 6.07 Å². The molecule has 8 heteroatoms. The molecular formula is C17H23F3N4O. The van der Waals surface area contributed by atoms with Crippen LogP contribution in [0.5, 0.6) is 0 Å². The van der Waals surface area contributed by atoms with Crippen LogP contribution in [-0.2, 0) is 11.0 Å². The molecule has 0 saturated carbocycles. The van der Waals surface area contributed by atoms with Gasteiger partial charge in [-0.1, -0.05) is 6.08 Å². The van der Waals surface area contributed by atoms with E-state index in [-0.39, 0.29) is 11.9 Å². The highest BCUT2D eigenvalue weighted by molar-refractivity contribution is 5.81. The molecule has 1 fully saturated rings. The second-order valence-corrected chi connectivity index (χ2v) is 5.99. The predicted octanol–water partition coefficient (Wildman–Crippen LogP) is 2.30. The molecule has 1 amide bonds. The van der Waals surface area contributed by atoms with Gasteiger partial charge < -0.3 is 10.2 Å². The molecule has 0 spiro atoms. The van der Waals surface area contributed by atoms with Crippen LogP contribution in [0.25, 0.3) is 0 Å². The number of carbonyl (C=O) groups excluding carboxylic acids is 1. The van der Waals surface area contributed by atoms with Gasteiger partial charge in [0.1, 0.15) is 5.82 Å². The van der Waals surface area contributed by atoms with Gasteiger partial charge in [0.05, 0.1) is 11.6 Å². The van der Waals surface area contributed by atoms with Crippen molar-refractivity contribution in [2.75, 3.05) is 37.6 Å². The van der Waals surface area contributed by atoms with E-state index in [4.69, 9.17) is 0 Å². The first kappa shape index (κ1) is 19.2. The number of amides is 1. The Balaban J connectivity index is 1.96. The first-order valence-electron chi connectivity index (χ1n) is 8.24. The number of hydrogen-bond acceptors (Lipinski definition) is 4. The third-order valence-corrected chi connectivity index (χ3v) is 4.28. The molecule has 1 saturated heterocycles. The molecule has 1 unspecified atom stereocenters. The fourth-order valence-electron chi connectivity index (χ4n) is 2.78. The number of rotatable bonds is 5. The highest BCUT2D eigenvalue weighted by Gasteiger charge is 2.31. The van der Waals surface area contributed by atoms with Gasteiger partial charge in [-0.15, -0.1) is 6.58 Å².